The molecule has 1 aromatic heterocycles. The zero-order valence-electron chi connectivity index (χ0n) is 9.44. The van der Waals surface area contributed by atoms with Gasteiger partial charge in [-0.3, -0.25) is 9.59 Å². The smallest absolute Gasteiger partial charge is 0.227 e. The molecule has 0 fully saturated rings. The predicted molar refractivity (Wildman–Crippen MR) is 66.4 cm³/mol. The molecule has 4 N–H and O–H groups in total. The number of aromatic amines is 1. The number of carbonyl (C=O) groups excluding carboxylic acids is 2. The lowest BCUT2D eigenvalue weighted by Crippen LogP contribution is -2.26. The number of imidazole rings is 1. The first-order valence-electron chi connectivity index (χ1n) is 5.28. The Morgan fingerprint density at radius 2 is 2.35 bits per heavy atom. The fraction of sp³-hybridized carbons (Fsp3) is 0.500. The predicted octanol–water partition coefficient (Wildman–Crippen LogP) is -0.323. The van der Waals surface area contributed by atoms with E-state index in [0.29, 0.717) is 18.7 Å². The molecule has 0 atom stereocenters. The van der Waals surface area contributed by atoms with E-state index < -0.39 is 0 Å². The van der Waals surface area contributed by atoms with E-state index in [2.05, 4.69) is 15.3 Å². The summed E-state index contributed by atoms with van der Waals surface area (Å²) < 4.78 is 0. The van der Waals surface area contributed by atoms with Crippen molar-refractivity contribution in [1.29, 1.82) is 0 Å². The summed E-state index contributed by atoms with van der Waals surface area (Å²) >= 11 is 1.37. The number of amides is 2. The van der Waals surface area contributed by atoms with Gasteiger partial charge in [-0.2, -0.15) is 11.8 Å². The molecule has 1 rings (SSSR count). The largest absolute Gasteiger partial charge is 0.369 e. The van der Waals surface area contributed by atoms with Crippen LogP contribution in [0.4, 0.5) is 0 Å². The van der Waals surface area contributed by atoms with E-state index in [0.717, 1.165) is 12.1 Å². The molecule has 0 aliphatic heterocycles. The van der Waals surface area contributed by atoms with Crippen molar-refractivity contribution >= 4 is 23.6 Å². The Bertz CT molecular complexity index is 353. The van der Waals surface area contributed by atoms with Crippen molar-refractivity contribution in [3.63, 3.8) is 0 Å². The highest BCUT2D eigenvalue weighted by Crippen LogP contribution is 2.01. The maximum atomic E-state index is 11.3. The highest BCUT2D eigenvalue weighted by Gasteiger charge is 2.02. The molecule has 0 radical (unpaired) electrons. The van der Waals surface area contributed by atoms with Gasteiger partial charge in [-0.25, -0.2) is 4.98 Å². The molecule has 94 valence electrons. The van der Waals surface area contributed by atoms with Crippen LogP contribution < -0.4 is 11.1 Å². The minimum Gasteiger partial charge on any atom is -0.369 e. The minimum atomic E-state index is -0.352. The fourth-order valence-electron chi connectivity index (χ4n) is 1.18. The second-order valence-electron chi connectivity index (χ2n) is 3.45. The summed E-state index contributed by atoms with van der Waals surface area (Å²) in [5, 5.41) is 2.79. The van der Waals surface area contributed by atoms with E-state index in [-0.39, 0.29) is 17.6 Å². The number of rotatable bonds is 8. The van der Waals surface area contributed by atoms with Gasteiger partial charge in [-0.15, -0.1) is 0 Å². The van der Waals surface area contributed by atoms with Crippen LogP contribution in [-0.4, -0.2) is 39.8 Å². The summed E-state index contributed by atoms with van der Waals surface area (Å²) in [6.45, 7) is 0.585. The molecule has 0 aromatic carbocycles. The van der Waals surface area contributed by atoms with Gasteiger partial charge < -0.3 is 16.0 Å². The lowest BCUT2D eigenvalue weighted by atomic mass is 10.3. The van der Waals surface area contributed by atoms with Crippen molar-refractivity contribution in [2.24, 2.45) is 5.73 Å². The molecule has 0 bridgehead atoms. The molecule has 7 heteroatoms. The van der Waals surface area contributed by atoms with Crippen LogP contribution in [0.2, 0.25) is 0 Å². The van der Waals surface area contributed by atoms with Crippen molar-refractivity contribution in [2.75, 3.05) is 18.1 Å². The summed E-state index contributed by atoms with van der Waals surface area (Å²) in [4.78, 5) is 28.6. The molecule has 0 unspecified atom stereocenters. The first-order valence-corrected chi connectivity index (χ1v) is 6.44. The average molecular weight is 256 g/mol. The SMILES string of the molecule is NC(=O)CSCCC(=O)NCCc1cnc[nH]1. The number of primary amides is 1. The van der Waals surface area contributed by atoms with E-state index in [1.165, 1.54) is 11.8 Å². The molecule has 0 aliphatic rings. The van der Waals surface area contributed by atoms with Gasteiger partial charge >= 0.3 is 0 Å². The quantitative estimate of drug-likeness (QED) is 0.555. The Balaban J connectivity index is 1.99. The lowest BCUT2D eigenvalue weighted by Gasteiger charge is -2.03. The van der Waals surface area contributed by atoms with Crippen molar-refractivity contribution < 1.29 is 9.59 Å². The normalized spacial score (nSPS) is 10.1. The van der Waals surface area contributed by atoms with Gasteiger partial charge in [0.1, 0.15) is 0 Å². The number of nitrogens with one attached hydrogen (secondary N) is 2. The topological polar surface area (TPSA) is 101 Å². The van der Waals surface area contributed by atoms with Crippen LogP contribution in [0.5, 0.6) is 0 Å². The summed E-state index contributed by atoms with van der Waals surface area (Å²) in [6, 6.07) is 0. The van der Waals surface area contributed by atoms with Gasteiger partial charge in [0.05, 0.1) is 12.1 Å². The maximum absolute atomic E-state index is 11.3. The summed E-state index contributed by atoms with van der Waals surface area (Å²) in [5.41, 5.74) is 5.97. The van der Waals surface area contributed by atoms with Crippen LogP contribution in [0, 0.1) is 0 Å². The molecule has 0 saturated carbocycles. The summed E-state index contributed by atoms with van der Waals surface area (Å²) in [7, 11) is 0. The molecule has 1 heterocycles. The number of nitrogens with two attached hydrogens (primary N) is 1. The number of hydrogen-bond acceptors (Lipinski definition) is 4. The zero-order valence-corrected chi connectivity index (χ0v) is 10.3. The minimum absolute atomic E-state index is 0.0125. The second kappa shape index (κ2) is 7.72. The summed E-state index contributed by atoms with van der Waals surface area (Å²) in [5.74, 6) is 0.511. The van der Waals surface area contributed by atoms with E-state index in [4.69, 9.17) is 5.73 Å². The third-order valence-corrected chi connectivity index (χ3v) is 2.97. The van der Waals surface area contributed by atoms with E-state index >= 15 is 0 Å². The van der Waals surface area contributed by atoms with Crippen molar-refractivity contribution in [3.05, 3.63) is 18.2 Å². The number of aromatic nitrogens is 2. The number of thioether (sulfide) groups is 1. The van der Waals surface area contributed by atoms with Gasteiger partial charge in [0.25, 0.3) is 0 Å². The molecular weight excluding hydrogens is 240 g/mol. The first-order chi connectivity index (χ1) is 8.18. The Morgan fingerprint density at radius 1 is 1.53 bits per heavy atom. The Hall–Kier alpha value is -1.50. The van der Waals surface area contributed by atoms with Crippen molar-refractivity contribution in [2.45, 2.75) is 12.8 Å². The van der Waals surface area contributed by atoms with Crippen LogP contribution in [0.15, 0.2) is 12.5 Å². The molecule has 0 spiro atoms. The zero-order chi connectivity index (χ0) is 12.5. The fourth-order valence-corrected chi connectivity index (χ4v) is 1.86. The number of H-pyrrole nitrogens is 1. The monoisotopic (exact) mass is 256 g/mol. The molecule has 2 amide bonds. The average Bonchev–Trinajstić information content (AvgIpc) is 2.77. The third kappa shape index (κ3) is 6.62. The van der Waals surface area contributed by atoms with E-state index in [9.17, 15) is 9.59 Å². The van der Waals surface area contributed by atoms with Crippen LogP contribution in [0.3, 0.4) is 0 Å². The van der Waals surface area contributed by atoms with Crippen LogP contribution >= 0.6 is 11.8 Å². The van der Waals surface area contributed by atoms with Gasteiger partial charge in [-0.05, 0) is 0 Å². The number of hydrogen-bond donors (Lipinski definition) is 3. The highest BCUT2D eigenvalue weighted by molar-refractivity contribution is 7.99. The maximum Gasteiger partial charge on any atom is 0.227 e. The van der Waals surface area contributed by atoms with Crippen LogP contribution in [0.25, 0.3) is 0 Å². The number of nitrogens with zero attached hydrogens (tertiary/aromatic N) is 1. The Labute approximate surface area is 104 Å². The third-order valence-electron chi connectivity index (χ3n) is 1.99. The molecule has 1 aromatic rings. The van der Waals surface area contributed by atoms with Gasteiger partial charge in [0, 0.05) is 37.0 Å². The Morgan fingerprint density at radius 3 is 3.00 bits per heavy atom. The van der Waals surface area contributed by atoms with Gasteiger partial charge in [-0.1, -0.05) is 0 Å². The molecule has 0 aliphatic carbocycles. The highest BCUT2D eigenvalue weighted by atomic mass is 32.2. The lowest BCUT2D eigenvalue weighted by molar-refractivity contribution is -0.120. The van der Waals surface area contributed by atoms with Gasteiger partial charge in [0.2, 0.25) is 11.8 Å². The van der Waals surface area contributed by atoms with Crippen molar-refractivity contribution in [1.82, 2.24) is 15.3 Å². The molecular formula is C10H16N4O2S. The van der Waals surface area contributed by atoms with Crippen LogP contribution in [0.1, 0.15) is 12.1 Å². The standard InChI is InChI=1S/C10H16N4O2S/c11-9(15)6-17-4-2-10(16)13-3-1-8-5-12-7-14-8/h5,7H,1-4,6H2,(H2,11,15)(H,12,14)(H,13,16). The summed E-state index contributed by atoms with van der Waals surface area (Å²) in [6.07, 6.45) is 4.48. The molecule has 0 saturated heterocycles. The van der Waals surface area contributed by atoms with Gasteiger partial charge in [0.15, 0.2) is 0 Å². The Kier molecular flexibility index (Phi) is 6.16. The van der Waals surface area contributed by atoms with E-state index in [1.807, 2.05) is 0 Å². The molecule has 6 nitrogen and oxygen atoms in total. The molecule has 17 heavy (non-hydrogen) atoms. The second-order valence-corrected chi connectivity index (χ2v) is 4.55. The van der Waals surface area contributed by atoms with Crippen LogP contribution in [-0.2, 0) is 16.0 Å². The van der Waals surface area contributed by atoms with E-state index in [1.54, 1.807) is 12.5 Å². The first kappa shape index (κ1) is 13.6. The number of carbonyl (C=O) groups is 2. The van der Waals surface area contributed by atoms with Crippen molar-refractivity contribution in [3.8, 4) is 0 Å².